The summed E-state index contributed by atoms with van der Waals surface area (Å²) in [7, 11) is 2.01. The Bertz CT molecular complexity index is 506. The Balaban J connectivity index is 2.65. The average molecular weight is 373 g/mol. The fraction of sp³-hybridized carbons (Fsp3) is 0.778. The van der Waals surface area contributed by atoms with Crippen LogP contribution in [0.5, 0.6) is 0 Å². The molecule has 138 valence electrons. The Morgan fingerprint density at radius 1 is 1.25 bits per heavy atom. The highest BCUT2D eigenvalue weighted by Crippen LogP contribution is 2.54. The van der Waals surface area contributed by atoms with Gasteiger partial charge in [0.15, 0.2) is 5.78 Å². The second-order valence-corrected chi connectivity index (χ2v) is 9.50. The summed E-state index contributed by atoms with van der Waals surface area (Å²) in [5.41, 5.74) is -0.334. The first-order valence-corrected chi connectivity index (χ1v) is 10.4. The highest BCUT2D eigenvalue weighted by Gasteiger charge is 2.53. The van der Waals surface area contributed by atoms with Crippen LogP contribution in [-0.2, 0) is 18.8 Å². The number of ketones is 1. The van der Waals surface area contributed by atoms with Gasteiger partial charge in [0, 0.05) is 17.8 Å². The van der Waals surface area contributed by atoms with Gasteiger partial charge in [-0.15, -0.1) is 11.8 Å². The molecule has 0 fully saturated rings. The van der Waals surface area contributed by atoms with Crippen LogP contribution in [0.3, 0.4) is 0 Å². The van der Waals surface area contributed by atoms with Gasteiger partial charge in [0.1, 0.15) is 5.76 Å². The fourth-order valence-electron chi connectivity index (χ4n) is 3.79. The number of allylic oxidation sites excluding steroid dienone is 2. The van der Waals surface area contributed by atoms with E-state index in [4.69, 9.17) is 4.43 Å². The average Bonchev–Trinajstić information content (AvgIpc) is 2.66. The Morgan fingerprint density at radius 2 is 1.88 bits per heavy atom. The van der Waals surface area contributed by atoms with Crippen molar-refractivity contribution in [2.24, 2.45) is 16.7 Å². The third kappa shape index (κ3) is 4.88. The molecule has 0 heterocycles. The number of thioether (sulfide) groups is 1. The van der Waals surface area contributed by atoms with Gasteiger partial charge < -0.3 is 9.16 Å². The lowest BCUT2D eigenvalue weighted by molar-refractivity contribution is -0.140. The molecule has 1 rings (SSSR count). The topological polar surface area (TPSA) is 52.6 Å². The lowest BCUT2D eigenvalue weighted by atomic mass is 9.66. The molecule has 1 atom stereocenters. The molecule has 1 unspecified atom stereocenters. The van der Waals surface area contributed by atoms with Crippen LogP contribution in [0.15, 0.2) is 10.7 Å². The SMILES string of the molecule is COC(=O)CCCCCSC1=C(O[SiH3])C(C)(C)C(C(C)(C)C)C1=O. The molecule has 0 aliphatic heterocycles. The van der Waals surface area contributed by atoms with E-state index < -0.39 is 0 Å². The van der Waals surface area contributed by atoms with E-state index in [-0.39, 0.29) is 28.5 Å². The summed E-state index contributed by atoms with van der Waals surface area (Å²) in [6, 6.07) is 0. The Labute approximate surface area is 153 Å². The summed E-state index contributed by atoms with van der Waals surface area (Å²) >= 11 is 1.62. The van der Waals surface area contributed by atoms with Crippen molar-refractivity contribution in [3.8, 4) is 0 Å². The fourth-order valence-corrected chi connectivity index (χ4v) is 5.96. The molecule has 24 heavy (non-hydrogen) atoms. The third-order valence-electron chi connectivity index (χ3n) is 4.57. The zero-order chi connectivity index (χ0) is 18.5. The van der Waals surface area contributed by atoms with Gasteiger partial charge in [0.25, 0.3) is 0 Å². The monoisotopic (exact) mass is 372 g/mol. The Morgan fingerprint density at radius 3 is 2.38 bits per heavy atom. The highest BCUT2D eigenvalue weighted by atomic mass is 32.2. The number of hydrogen-bond acceptors (Lipinski definition) is 5. The minimum Gasteiger partial charge on any atom is -0.555 e. The molecular weight excluding hydrogens is 340 g/mol. The summed E-state index contributed by atoms with van der Waals surface area (Å²) in [4.78, 5) is 24.9. The normalized spacial score (nSPS) is 20.6. The number of esters is 1. The Kier molecular flexibility index (Phi) is 7.60. The van der Waals surface area contributed by atoms with Crippen LogP contribution in [0, 0.1) is 16.7 Å². The lowest BCUT2D eigenvalue weighted by Crippen LogP contribution is -2.36. The number of carbonyl (C=O) groups excluding carboxylic acids is 2. The summed E-state index contributed by atoms with van der Waals surface area (Å²) in [5.74, 6) is 1.80. The number of ether oxygens (including phenoxy) is 1. The number of unbranched alkanes of at least 4 members (excludes halogenated alkanes) is 2. The highest BCUT2D eigenvalue weighted by molar-refractivity contribution is 8.04. The van der Waals surface area contributed by atoms with E-state index in [0.717, 1.165) is 35.7 Å². The molecular formula is C18H32O4SSi. The summed E-state index contributed by atoms with van der Waals surface area (Å²) in [5, 5.41) is 0. The zero-order valence-electron chi connectivity index (χ0n) is 16.2. The first-order chi connectivity index (χ1) is 11.1. The van der Waals surface area contributed by atoms with Crippen LogP contribution < -0.4 is 0 Å². The standard InChI is InChI=1S/C18H32O4SSi/c1-17(2,3)15-13(20)14(16(22-24)18(15,4)5)23-11-9-7-8-10-12(19)21-6/h15H,7-11H2,1-6,24H3. The first-order valence-electron chi connectivity index (χ1n) is 8.60. The predicted molar refractivity (Wildman–Crippen MR) is 103 cm³/mol. The molecule has 1 aliphatic rings. The maximum Gasteiger partial charge on any atom is 0.305 e. The lowest BCUT2D eigenvalue weighted by Gasteiger charge is -2.37. The smallest absolute Gasteiger partial charge is 0.305 e. The molecule has 4 nitrogen and oxygen atoms in total. The van der Waals surface area contributed by atoms with Gasteiger partial charge in [-0.1, -0.05) is 41.0 Å². The molecule has 0 saturated heterocycles. The van der Waals surface area contributed by atoms with Crippen LogP contribution >= 0.6 is 11.8 Å². The van der Waals surface area contributed by atoms with Gasteiger partial charge in [0.05, 0.1) is 12.0 Å². The maximum absolute atomic E-state index is 13.0. The number of rotatable bonds is 8. The third-order valence-corrected chi connectivity index (χ3v) is 6.14. The number of carbonyl (C=O) groups is 2. The van der Waals surface area contributed by atoms with E-state index in [1.807, 2.05) is 0 Å². The summed E-state index contributed by atoms with van der Waals surface area (Å²) in [6.07, 6.45) is 3.25. The van der Waals surface area contributed by atoms with E-state index in [2.05, 4.69) is 39.4 Å². The van der Waals surface area contributed by atoms with Crippen LogP contribution in [-0.4, -0.2) is 35.1 Å². The van der Waals surface area contributed by atoms with E-state index in [0.29, 0.717) is 16.9 Å². The molecule has 0 N–H and O–H groups in total. The van der Waals surface area contributed by atoms with Crippen molar-refractivity contribution in [2.75, 3.05) is 12.9 Å². The van der Waals surface area contributed by atoms with Gasteiger partial charge >= 0.3 is 5.97 Å². The maximum atomic E-state index is 13.0. The van der Waals surface area contributed by atoms with Crippen molar-refractivity contribution in [2.45, 2.75) is 60.3 Å². The molecule has 0 amide bonds. The van der Waals surface area contributed by atoms with Crippen LogP contribution in [0.2, 0.25) is 0 Å². The van der Waals surface area contributed by atoms with Gasteiger partial charge in [0.2, 0.25) is 10.5 Å². The van der Waals surface area contributed by atoms with Gasteiger partial charge in [-0.3, -0.25) is 9.59 Å². The van der Waals surface area contributed by atoms with Gasteiger partial charge in [-0.25, -0.2) is 0 Å². The predicted octanol–water partition coefficient (Wildman–Crippen LogP) is 3.23. The molecule has 0 spiro atoms. The van der Waals surface area contributed by atoms with Gasteiger partial charge in [-0.05, 0) is 24.0 Å². The molecule has 0 bridgehead atoms. The molecule has 1 aliphatic carbocycles. The van der Waals surface area contributed by atoms with Gasteiger partial charge in [-0.2, -0.15) is 0 Å². The molecule has 0 aromatic heterocycles. The Hall–Kier alpha value is -0.753. The zero-order valence-corrected chi connectivity index (χ0v) is 19.0. The molecule has 0 aromatic rings. The van der Waals surface area contributed by atoms with E-state index in [9.17, 15) is 9.59 Å². The quantitative estimate of drug-likeness (QED) is 0.372. The van der Waals surface area contributed by atoms with E-state index in [1.165, 1.54) is 7.11 Å². The first kappa shape index (κ1) is 21.3. The summed E-state index contributed by atoms with van der Waals surface area (Å²) in [6.45, 7) is 10.6. The molecule has 0 radical (unpaired) electrons. The molecule has 0 saturated carbocycles. The minimum atomic E-state index is -0.246. The second kappa shape index (κ2) is 8.56. The number of Topliss-reactive ketones (excluding diaryl/α,β-unsaturated/α-hetero) is 1. The van der Waals surface area contributed by atoms with Crippen LogP contribution in [0.1, 0.15) is 60.3 Å². The van der Waals surface area contributed by atoms with Crippen molar-refractivity contribution >= 4 is 34.0 Å². The second-order valence-electron chi connectivity index (χ2n) is 7.98. The molecule has 6 heteroatoms. The van der Waals surface area contributed by atoms with E-state index >= 15 is 0 Å². The number of methoxy groups -OCH3 is 1. The number of hydrogen-bond donors (Lipinski definition) is 0. The van der Waals surface area contributed by atoms with Crippen molar-refractivity contribution < 1.29 is 18.8 Å². The van der Waals surface area contributed by atoms with Crippen LogP contribution in [0.4, 0.5) is 0 Å². The van der Waals surface area contributed by atoms with Crippen molar-refractivity contribution in [3.63, 3.8) is 0 Å². The summed E-state index contributed by atoms with van der Waals surface area (Å²) < 4.78 is 10.4. The van der Waals surface area contributed by atoms with Crippen LogP contribution in [0.25, 0.3) is 0 Å². The van der Waals surface area contributed by atoms with Crippen molar-refractivity contribution in [1.29, 1.82) is 0 Å². The van der Waals surface area contributed by atoms with Crippen molar-refractivity contribution in [3.05, 3.63) is 10.7 Å². The largest absolute Gasteiger partial charge is 0.555 e. The minimum absolute atomic E-state index is 0.0456. The molecule has 0 aromatic carbocycles. The van der Waals surface area contributed by atoms with E-state index in [1.54, 1.807) is 11.8 Å². The van der Waals surface area contributed by atoms with Crippen molar-refractivity contribution in [1.82, 2.24) is 0 Å².